The van der Waals surface area contributed by atoms with Gasteiger partial charge in [-0.05, 0) is 13.8 Å². The highest BCUT2D eigenvalue weighted by molar-refractivity contribution is 6.32. The molecule has 0 spiro atoms. The summed E-state index contributed by atoms with van der Waals surface area (Å²) in [4.78, 5) is 4.19. The van der Waals surface area contributed by atoms with Crippen molar-refractivity contribution >= 4 is 17.2 Å². The number of aryl methyl sites for hydroxylation is 2. The van der Waals surface area contributed by atoms with Crippen LogP contribution in [-0.2, 0) is 0 Å². The van der Waals surface area contributed by atoms with Crippen molar-refractivity contribution in [3.8, 4) is 11.5 Å². The topological polar surface area (TPSA) is 69.1 Å². The highest BCUT2D eigenvalue weighted by atomic mass is 35.5. The smallest absolute Gasteiger partial charge is 0.199 e. The number of aromatic nitrogens is 5. The molecular formula is C10H8ClN5O. The summed E-state index contributed by atoms with van der Waals surface area (Å²) >= 11 is 6.03. The van der Waals surface area contributed by atoms with E-state index in [2.05, 4.69) is 20.3 Å². The van der Waals surface area contributed by atoms with E-state index in [0.29, 0.717) is 22.3 Å². The van der Waals surface area contributed by atoms with Crippen LogP contribution in [0, 0.1) is 13.8 Å². The van der Waals surface area contributed by atoms with Gasteiger partial charge >= 0.3 is 0 Å². The van der Waals surface area contributed by atoms with E-state index in [1.54, 1.807) is 6.07 Å². The predicted molar refractivity (Wildman–Crippen MR) is 60.8 cm³/mol. The van der Waals surface area contributed by atoms with Crippen molar-refractivity contribution in [2.75, 3.05) is 0 Å². The van der Waals surface area contributed by atoms with E-state index in [-0.39, 0.29) is 0 Å². The molecule has 0 aliphatic carbocycles. The van der Waals surface area contributed by atoms with Gasteiger partial charge in [0, 0.05) is 11.8 Å². The van der Waals surface area contributed by atoms with Gasteiger partial charge in [0.15, 0.2) is 22.3 Å². The SMILES string of the molecule is Cc1nc(Cl)c2nnc(-c3ccon3)n2c1C. The molecule has 3 aromatic heterocycles. The lowest BCUT2D eigenvalue weighted by Crippen LogP contribution is -2.00. The van der Waals surface area contributed by atoms with Crippen LogP contribution in [0.2, 0.25) is 5.15 Å². The van der Waals surface area contributed by atoms with E-state index >= 15 is 0 Å². The van der Waals surface area contributed by atoms with Gasteiger partial charge in [0.2, 0.25) is 0 Å². The first-order valence-corrected chi connectivity index (χ1v) is 5.35. The maximum absolute atomic E-state index is 6.03. The zero-order valence-electron chi connectivity index (χ0n) is 9.18. The quantitative estimate of drug-likeness (QED) is 0.660. The number of rotatable bonds is 1. The number of halogens is 1. The van der Waals surface area contributed by atoms with Crippen LogP contribution in [0.25, 0.3) is 17.2 Å². The monoisotopic (exact) mass is 249 g/mol. The highest BCUT2D eigenvalue weighted by Gasteiger charge is 2.16. The van der Waals surface area contributed by atoms with Crippen LogP contribution >= 0.6 is 11.6 Å². The largest absolute Gasteiger partial charge is 0.364 e. The second kappa shape index (κ2) is 3.53. The molecule has 3 heterocycles. The van der Waals surface area contributed by atoms with E-state index < -0.39 is 0 Å². The van der Waals surface area contributed by atoms with Crippen LogP contribution < -0.4 is 0 Å². The molecule has 3 aromatic rings. The van der Waals surface area contributed by atoms with Crippen LogP contribution in [0.5, 0.6) is 0 Å². The van der Waals surface area contributed by atoms with Crippen molar-refractivity contribution in [3.05, 3.63) is 28.9 Å². The Morgan fingerprint density at radius 2 is 2.12 bits per heavy atom. The van der Waals surface area contributed by atoms with Crippen LogP contribution in [0.3, 0.4) is 0 Å². The maximum Gasteiger partial charge on any atom is 0.199 e. The molecule has 6 nitrogen and oxygen atoms in total. The minimum Gasteiger partial charge on any atom is -0.364 e. The normalized spacial score (nSPS) is 11.2. The van der Waals surface area contributed by atoms with Crippen molar-refractivity contribution in [1.29, 1.82) is 0 Å². The molecule has 0 bridgehead atoms. The molecule has 0 saturated heterocycles. The van der Waals surface area contributed by atoms with Crippen molar-refractivity contribution in [2.45, 2.75) is 13.8 Å². The van der Waals surface area contributed by atoms with E-state index in [0.717, 1.165) is 11.4 Å². The molecule has 0 unspecified atom stereocenters. The van der Waals surface area contributed by atoms with E-state index in [1.807, 2.05) is 18.2 Å². The molecule has 3 rings (SSSR count). The number of hydrogen-bond donors (Lipinski definition) is 0. The lowest BCUT2D eigenvalue weighted by molar-refractivity contribution is 0.421. The third-order valence-corrected chi connectivity index (χ3v) is 2.89. The Morgan fingerprint density at radius 3 is 2.82 bits per heavy atom. The minimum atomic E-state index is 0.329. The molecule has 0 saturated carbocycles. The Kier molecular flexibility index (Phi) is 2.12. The van der Waals surface area contributed by atoms with E-state index in [1.165, 1.54) is 6.26 Å². The zero-order chi connectivity index (χ0) is 12.0. The van der Waals surface area contributed by atoms with Gasteiger partial charge in [0.25, 0.3) is 0 Å². The summed E-state index contributed by atoms with van der Waals surface area (Å²) in [6.45, 7) is 3.81. The number of fused-ring (bicyclic) bond motifs is 1. The van der Waals surface area contributed by atoms with Crippen molar-refractivity contribution in [2.24, 2.45) is 0 Å². The summed E-state index contributed by atoms with van der Waals surface area (Å²) in [6, 6.07) is 1.72. The van der Waals surface area contributed by atoms with Gasteiger partial charge in [-0.1, -0.05) is 16.8 Å². The van der Waals surface area contributed by atoms with Crippen LogP contribution in [0.15, 0.2) is 16.9 Å². The lowest BCUT2D eigenvalue weighted by Gasteiger charge is -2.05. The maximum atomic E-state index is 6.03. The number of nitrogens with zero attached hydrogens (tertiary/aromatic N) is 5. The molecule has 0 aromatic carbocycles. The molecule has 0 aliphatic heterocycles. The molecule has 86 valence electrons. The van der Waals surface area contributed by atoms with Gasteiger partial charge in [-0.3, -0.25) is 4.40 Å². The first-order chi connectivity index (χ1) is 8.18. The predicted octanol–water partition coefficient (Wildman–Crippen LogP) is 2.05. The van der Waals surface area contributed by atoms with Crippen molar-refractivity contribution in [1.82, 2.24) is 24.7 Å². The van der Waals surface area contributed by atoms with E-state index in [9.17, 15) is 0 Å². The van der Waals surface area contributed by atoms with Gasteiger partial charge in [0.05, 0.1) is 5.69 Å². The summed E-state index contributed by atoms with van der Waals surface area (Å²) in [7, 11) is 0. The zero-order valence-corrected chi connectivity index (χ0v) is 9.93. The Hall–Kier alpha value is -1.95. The fourth-order valence-corrected chi connectivity index (χ4v) is 1.92. The summed E-state index contributed by atoms with van der Waals surface area (Å²) in [5.74, 6) is 0.596. The molecule has 0 N–H and O–H groups in total. The van der Waals surface area contributed by atoms with Gasteiger partial charge < -0.3 is 4.52 Å². The lowest BCUT2D eigenvalue weighted by atomic mass is 10.3. The minimum absolute atomic E-state index is 0.329. The third-order valence-electron chi connectivity index (χ3n) is 2.64. The van der Waals surface area contributed by atoms with Crippen molar-refractivity contribution in [3.63, 3.8) is 0 Å². The van der Waals surface area contributed by atoms with Crippen LogP contribution in [-0.4, -0.2) is 24.7 Å². The molecule has 0 fully saturated rings. The first-order valence-electron chi connectivity index (χ1n) is 4.97. The standard InChI is InChI=1S/C10H8ClN5O/c1-5-6(2)16-9(7-3-4-17-15-7)13-14-10(16)8(11)12-5/h3-4H,1-2H3. The molecule has 17 heavy (non-hydrogen) atoms. The van der Waals surface area contributed by atoms with Gasteiger partial charge in [0.1, 0.15) is 6.26 Å². The Bertz CT molecular complexity index is 688. The van der Waals surface area contributed by atoms with Gasteiger partial charge in [-0.15, -0.1) is 10.2 Å². The second-order valence-electron chi connectivity index (χ2n) is 3.64. The molecule has 0 amide bonds. The molecular weight excluding hydrogens is 242 g/mol. The Morgan fingerprint density at radius 1 is 1.29 bits per heavy atom. The van der Waals surface area contributed by atoms with Crippen molar-refractivity contribution < 1.29 is 4.52 Å². The first kappa shape index (κ1) is 10.2. The summed E-state index contributed by atoms with van der Waals surface area (Å²) in [6.07, 6.45) is 1.49. The Balaban J connectivity index is 2.42. The average Bonchev–Trinajstić information content (AvgIpc) is 2.94. The summed E-state index contributed by atoms with van der Waals surface area (Å²) in [5.41, 5.74) is 2.88. The Labute approximate surface area is 101 Å². The molecule has 0 aliphatic rings. The average molecular weight is 250 g/mol. The molecule has 0 atom stereocenters. The summed E-state index contributed by atoms with van der Waals surface area (Å²) in [5, 5.41) is 12.3. The fourth-order valence-electron chi connectivity index (χ4n) is 1.67. The molecule has 7 heteroatoms. The van der Waals surface area contributed by atoms with Crippen LogP contribution in [0.1, 0.15) is 11.4 Å². The second-order valence-corrected chi connectivity index (χ2v) is 4.00. The van der Waals surface area contributed by atoms with Crippen LogP contribution in [0.4, 0.5) is 0 Å². The van der Waals surface area contributed by atoms with Gasteiger partial charge in [-0.25, -0.2) is 4.98 Å². The molecule has 0 radical (unpaired) electrons. The number of hydrogen-bond acceptors (Lipinski definition) is 5. The van der Waals surface area contributed by atoms with E-state index in [4.69, 9.17) is 16.1 Å². The summed E-state index contributed by atoms with van der Waals surface area (Å²) < 4.78 is 6.63. The third kappa shape index (κ3) is 1.41. The highest BCUT2D eigenvalue weighted by Crippen LogP contribution is 2.23. The van der Waals surface area contributed by atoms with Gasteiger partial charge in [-0.2, -0.15) is 0 Å². The fraction of sp³-hybridized carbons (Fsp3) is 0.200.